The highest BCUT2D eigenvalue weighted by Gasteiger charge is 2.35. The lowest BCUT2D eigenvalue weighted by Gasteiger charge is -2.37. The van der Waals surface area contributed by atoms with E-state index in [9.17, 15) is 9.18 Å². The van der Waals surface area contributed by atoms with E-state index in [-0.39, 0.29) is 24.1 Å². The van der Waals surface area contributed by atoms with Crippen LogP contribution in [-0.4, -0.2) is 37.0 Å². The number of piperidine rings is 1. The summed E-state index contributed by atoms with van der Waals surface area (Å²) >= 11 is 0. The number of carbonyl (C=O) groups is 1. The van der Waals surface area contributed by atoms with Crippen LogP contribution in [0.2, 0.25) is 0 Å². The molecule has 0 unspecified atom stereocenters. The van der Waals surface area contributed by atoms with Gasteiger partial charge in [0.05, 0.1) is 5.41 Å². The third-order valence-electron chi connectivity index (χ3n) is 4.27. The monoisotopic (exact) mass is 314 g/mol. The van der Waals surface area contributed by atoms with Crippen LogP contribution in [0.1, 0.15) is 32.3 Å². The molecule has 118 valence electrons. The van der Waals surface area contributed by atoms with E-state index in [1.165, 1.54) is 12.1 Å². The molecule has 1 N–H and O–H groups in total. The van der Waals surface area contributed by atoms with Gasteiger partial charge in [-0.15, -0.1) is 12.4 Å². The first-order valence-electron chi connectivity index (χ1n) is 7.18. The van der Waals surface area contributed by atoms with Gasteiger partial charge < -0.3 is 10.2 Å². The van der Waals surface area contributed by atoms with Gasteiger partial charge in [0.2, 0.25) is 5.91 Å². The molecule has 1 amide bonds. The molecule has 0 aromatic heterocycles. The van der Waals surface area contributed by atoms with Crippen molar-refractivity contribution in [3.63, 3.8) is 0 Å². The van der Waals surface area contributed by atoms with Gasteiger partial charge >= 0.3 is 0 Å². The van der Waals surface area contributed by atoms with Crippen LogP contribution in [0.25, 0.3) is 0 Å². The molecule has 2 rings (SSSR count). The zero-order valence-electron chi connectivity index (χ0n) is 12.9. The summed E-state index contributed by atoms with van der Waals surface area (Å²) in [5, 5.41) is 3.25. The van der Waals surface area contributed by atoms with Crippen LogP contribution < -0.4 is 5.32 Å². The fraction of sp³-hybridized carbons (Fsp3) is 0.562. The van der Waals surface area contributed by atoms with Crippen molar-refractivity contribution >= 4 is 18.3 Å². The fourth-order valence-electron chi connectivity index (χ4n) is 2.77. The lowest BCUT2D eigenvalue weighted by molar-refractivity contribution is -0.137. The molecule has 0 radical (unpaired) electrons. The molecule has 21 heavy (non-hydrogen) atoms. The van der Waals surface area contributed by atoms with Gasteiger partial charge in [-0.3, -0.25) is 4.79 Å². The van der Waals surface area contributed by atoms with Crippen molar-refractivity contribution in [3.05, 3.63) is 35.6 Å². The maximum atomic E-state index is 13.4. The van der Waals surface area contributed by atoms with Gasteiger partial charge in [0, 0.05) is 19.1 Å². The number of benzene rings is 1. The molecule has 0 atom stereocenters. The molecule has 1 fully saturated rings. The second-order valence-corrected chi connectivity index (χ2v) is 5.99. The molecule has 0 spiro atoms. The number of hydrogen-bond donors (Lipinski definition) is 1. The Labute approximate surface area is 132 Å². The molecule has 0 bridgehead atoms. The second kappa shape index (κ2) is 7.23. The van der Waals surface area contributed by atoms with Gasteiger partial charge in [-0.05, 0) is 51.4 Å². The summed E-state index contributed by atoms with van der Waals surface area (Å²) in [5.41, 5.74) is 0.0485. The second-order valence-electron chi connectivity index (χ2n) is 5.99. The van der Waals surface area contributed by atoms with Crippen molar-refractivity contribution < 1.29 is 9.18 Å². The summed E-state index contributed by atoms with van der Waals surface area (Å²) in [5.74, 6) is -0.213. The minimum atomic E-state index is -0.686. The van der Waals surface area contributed by atoms with E-state index in [0.29, 0.717) is 6.04 Å². The molecule has 1 saturated heterocycles. The van der Waals surface area contributed by atoms with Gasteiger partial charge in [-0.1, -0.05) is 12.1 Å². The Kier molecular flexibility index (Phi) is 6.17. The Bertz CT molecular complexity index is 485. The molecule has 0 saturated carbocycles. The standard InChI is InChI=1S/C16H23FN2O.ClH/c1-16(2,12-5-4-6-13(17)11-12)15(20)19-9-7-14(18-3)8-10-19;/h4-6,11,14,18H,7-10H2,1-3H3;1H. The van der Waals surface area contributed by atoms with Crippen molar-refractivity contribution in [2.75, 3.05) is 20.1 Å². The van der Waals surface area contributed by atoms with Gasteiger partial charge in [0.25, 0.3) is 0 Å². The minimum absolute atomic E-state index is 0. The Morgan fingerprint density at radius 1 is 1.33 bits per heavy atom. The molecule has 5 heteroatoms. The summed E-state index contributed by atoms with van der Waals surface area (Å²) in [7, 11) is 1.96. The Morgan fingerprint density at radius 2 is 1.95 bits per heavy atom. The van der Waals surface area contributed by atoms with Crippen LogP contribution in [0.4, 0.5) is 4.39 Å². The van der Waals surface area contributed by atoms with E-state index in [1.54, 1.807) is 6.07 Å². The van der Waals surface area contributed by atoms with E-state index in [4.69, 9.17) is 0 Å². The summed E-state index contributed by atoms with van der Waals surface area (Å²) in [6.07, 6.45) is 1.95. The zero-order chi connectivity index (χ0) is 14.8. The highest BCUT2D eigenvalue weighted by atomic mass is 35.5. The molecular formula is C16H24ClFN2O. The predicted octanol–water partition coefficient (Wildman–Crippen LogP) is 2.74. The number of amides is 1. The fourth-order valence-corrected chi connectivity index (χ4v) is 2.77. The average Bonchev–Trinajstić information content (AvgIpc) is 2.46. The molecule has 1 aromatic carbocycles. The molecule has 0 aliphatic carbocycles. The third-order valence-corrected chi connectivity index (χ3v) is 4.27. The summed E-state index contributed by atoms with van der Waals surface area (Å²) < 4.78 is 13.4. The van der Waals surface area contributed by atoms with Crippen molar-refractivity contribution in [2.45, 2.75) is 38.1 Å². The van der Waals surface area contributed by atoms with Crippen LogP contribution in [0.5, 0.6) is 0 Å². The van der Waals surface area contributed by atoms with E-state index in [0.717, 1.165) is 31.5 Å². The zero-order valence-corrected chi connectivity index (χ0v) is 13.7. The predicted molar refractivity (Wildman–Crippen MR) is 85.3 cm³/mol. The number of carbonyl (C=O) groups excluding carboxylic acids is 1. The molecular weight excluding hydrogens is 291 g/mol. The first kappa shape index (κ1) is 17.9. The van der Waals surface area contributed by atoms with Crippen LogP contribution >= 0.6 is 12.4 Å². The quantitative estimate of drug-likeness (QED) is 0.930. The number of nitrogens with one attached hydrogen (secondary N) is 1. The van der Waals surface area contributed by atoms with Crippen LogP contribution in [0.3, 0.4) is 0 Å². The van der Waals surface area contributed by atoms with Gasteiger partial charge in [0.15, 0.2) is 0 Å². The Hall–Kier alpha value is -1.13. The maximum absolute atomic E-state index is 13.4. The normalized spacial score (nSPS) is 16.5. The maximum Gasteiger partial charge on any atom is 0.232 e. The van der Waals surface area contributed by atoms with Crippen molar-refractivity contribution in [1.29, 1.82) is 0 Å². The minimum Gasteiger partial charge on any atom is -0.342 e. The van der Waals surface area contributed by atoms with Gasteiger partial charge in [-0.2, -0.15) is 0 Å². The highest BCUT2D eigenvalue weighted by molar-refractivity contribution is 5.87. The average molecular weight is 315 g/mol. The van der Waals surface area contributed by atoms with E-state index < -0.39 is 5.41 Å². The number of halogens is 2. The van der Waals surface area contributed by atoms with E-state index in [1.807, 2.05) is 31.9 Å². The Morgan fingerprint density at radius 3 is 2.48 bits per heavy atom. The molecule has 1 aromatic rings. The van der Waals surface area contributed by atoms with Crippen LogP contribution in [0, 0.1) is 5.82 Å². The van der Waals surface area contributed by atoms with Crippen molar-refractivity contribution in [3.8, 4) is 0 Å². The third kappa shape index (κ3) is 3.95. The first-order valence-corrected chi connectivity index (χ1v) is 7.18. The molecule has 1 aliphatic rings. The van der Waals surface area contributed by atoms with Crippen LogP contribution in [0.15, 0.2) is 24.3 Å². The number of likely N-dealkylation sites (tertiary alicyclic amines) is 1. The topological polar surface area (TPSA) is 32.3 Å². The first-order chi connectivity index (χ1) is 9.45. The largest absolute Gasteiger partial charge is 0.342 e. The highest BCUT2D eigenvalue weighted by Crippen LogP contribution is 2.27. The molecule has 1 heterocycles. The summed E-state index contributed by atoms with van der Waals surface area (Å²) in [6.45, 7) is 5.27. The molecule has 1 aliphatic heterocycles. The van der Waals surface area contributed by atoms with Gasteiger partial charge in [-0.25, -0.2) is 4.39 Å². The lowest BCUT2D eigenvalue weighted by atomic mass is 9.82. The van der Waals surface area contributed by atoms with Crippen molar-refractivity contribution in [2.24, 2.45) is 0 Å². The van der Waals surface area contributed by atoms with Crippen molar-refractivity contribution in [1.82, 2.24) is 10.2 Å². The van der Waals surface area contributed by atoms with E-state index in [2.05, 4.69) is 5.32 Å². The summed E-state index contributed by atoms with van der Waals surface area (Å²) in [4.78, 5) is 14.6. The summed E-state index contributed by atoms with van der Waals surface area (Å²) in [6, 6.07) is 6.84. The smallest absolute Gasteiger partial charge is 0.232 e. The number of nitrogens with zero attached hydrogens (tertiary/aromatic N) is 1. The Balaban J connectivity index is 0.00000220. The van der Waals surface area contributed by atoms with Crippen LogP contribution in [-0.2, 0) is 10.2 Å². The molecule has 3 nitrogen and oxygen atoms in total. The van der Waals surface area contributed by atoms with Gasteiger partial charge in [0.1, 0.15) is 5.82 Å². The number of rotatable bonds is 3. The number of hydrogen-bond acceptors (Lipinski definition) is 2. The lowest BCUT2D eigenvalue weighted by Crippen LogP contribution is -2.49. The van der Waals surface area contributed by atoms with E-state index >= 15 is 0 Å². The SMILES string of the molecule is CNC1CCN(C(=O)C(C)(C)c2cccc(F)c2)CC1.Cl.